The molecule has 0 spiro atoms. The lowest BCUT2D eigenvalue weighted by Gasteiger charge is -2.08. The predicted octanol–water partition coefficient (Wildman–Crippen LogP) is 3.75. The van der Waals surface area contributed by atoms with Crippen molar-refractivity contribution in [2.24, 2.45) is 0 Å². The van der Waals surface area contributed by atoms with Crippen LogP contribution in [-0.2, 0) is 0 Å². The van der Waals surface area contributed by atoms with Gasteiger partial charge in [-0.15, -0.1) is 0 Å². The minimum Gasteiger partial charge on any atom is -0.481 e. The van der Waals surface area contributed by atoms with Crippen LogP contribution < -0.4 is 21.1 Å². The Balaban J connectivity index is 1.55. The number of nitrogens with one attached hydrogen (secondary N) is 2. The Kier molecular flexibility index (Phi) is 6.42. The molecule has 0 unspecified atom stereocenters. The highest BCUT2D eigenvalue weighted by Crippen LogP contribution is 2.18. The summed E-state index contributed by atoms with van der Waals surface area (Å²) in [6, 6.07) is 16.2. The minimum absolute atomic E-state index is 0.203. The molecule has 7 nitrogen and oxygen atoms in total. The molecule has 29 heavy (non-hydrogen) atoms. The lowest BCUT2D eigenvalue weighted by molar-refractivity contribution is 0.102. The maximum Gasteiger partial charge on any atom is 0.255 e. The van der Waals surface area contributed by atoms with Gasteiger partial charge in [-0.25, -0.2) is 4.98 Å². The number of nitrogen functional groups attached to an aromatic ring is 1. The molecule has 3 aromatic rings. The third kappa shape index (κ3) is 5.55. The number of carbonyl (C=O) groups excluding carboxylic acids is 1. The first-order chi connectivity index (χ1) is 14.0. The quantitative estimate of drug-likeness (QED) is 0.532. The van der Waals surface area contributed by atoms with Crippen LogP contribution in [-0.4, -0.2) is 29.5 Å². The van der Waals surface area contributed by atoms with Gasteiger partial charge in [-0.1, -0.05) is 36.4 Å². The molecule has 7 heteroatoms. The summed E-state index contributed by atoms with van der Waals surface area (Å²) < 4.78 is 5.14. The van der Waals surface area contributed by atoms with Crippen LogP contribution in [0.1, 0.15) is 21.6 Å². The van der Waals surface area contributed by atoms with Crippen LogP contribution in [0.3, 0.4) is 0 Å². The van der Waals surface area contributed by atoms with E-state index in [2.05, 4.69) is 20.6 Å². The highest BCUT2D eigenvalue weighted by molar-refractivity contribution is 6.05. The molecule has 0 atom stereocenters. The molecule has 4 N–H and O–H groups in total. The van der Waals surface area contributed by atoms with E-state index in [1.807, 2.05) is 43.3 Å². The van der Waals surface area contributed by atoms with Crippen LogP contribution in [0.25, 0.3) is 6.08 Å². The number of aromatic nitrogens is 2. The van der Waals surface area contributed by atoms with E-state index in [1.165, 1.54) is 0 Å². The van der Waals surface area contributed by atoms with E-state index in [0.29, 0.717) is 35.3 Å². The molecule has 0 radical (unpaired) electrons. The molecule has 3 rings (SSSR count). The van der Waals surface area contributed by atoms with Crippen molar-refractivity contribution in [3.63, 3.8) is 0 Å². The number of nitrogens with two attached hydrogens (primary N) is 1. The van der Waals surface area contributed by atoms with Gasteiger partial charge in [0.1, 0.15) is 0 Å². The fourth-order valence-electron chi connectivity index (χ4n) is 2.62. The van der Waals surface area contributed by atoms with Crippen molar-refractivity contribution in [3.8, 4) is 5.88 Å². The summed E-state index contributed by atoms with van der Waals surface area (Å²) >= 11 is 0. The Hall–Kier alpha value is -3.87. The van der Waals surface area contributed by atoms with Crippen molar-refractivity contribution in [1.29, 1.82) is 0 Å². The first kappa shape index (κ1) is 19.9. The number of benzene rings is 2. The molecule has 0 saturated heterocycles. The van der Waals surface area contributed by atoms with E-state index in [1.54, 1.807) is 37.4 Å². The summed E-state index contributed by atoms with van der Waals surface area (Å²) in [5, 5.41) is 5.94. The van der Waals surface area contributed by atoms with Gasteiger partial charge in [0, 0.05) is 23.9 Å². The van der Waals surface area contributed by atoms with E-state index < -0.39 is 0 Å². The number of rotatable bonds is 7. The molecule has 148 valence electrons. The molecule has 0 aliphatic rings. The van der Waals surface area contributed by atoms with Crippen molar-refractivity contribution >= 4 is 29.3 Å². The molecule has 0 aliphatic carbocycles. The van der Waals surface area contributed by atoms with Gasteiger partial charge < -0.3 is 21.1 Å². The minimum atomic E-state index is -0.203. The molecule has 0 bridgehead atoms. The smallest absolute Gasteiger partial charge is 0.255 e. The number of para-hydroxylation sites is 2. The van der Waals surface area contributed by atoms with E-state index in [4.69, 9.17) is 10.5 Å². The first-order valence-corrected chi connectivity index (χ1v) is 9.11. The Morgan fingerprint density at radius 2 is 1.90 bits per heavy atom. The van der Waals surface area contributed by atoms with Gasteiger partial charge >= 0.3 is 0 Å². The number of methoxy groups -OCH3 is 1. The van der Waals surface area contributed by atoms with Crippen molar-refractivity contribution in [2.75, 3.05) is 30.0 Å². The van der Waals surface area contributed by atoms with E-state index in [0.717, 1.165) is 11.3 Å². The van der Waals surface area contributed by atoms with Crippen LogP contribution in [0.4, 0.5) is 17.3 Å². The molecule has 1 aromatic heterocycles. The van der Waals surface area contributed by atoms with Crippen LogP contribution in [0.15, 0.2) is 60.7 Å². The zero-order valence-electron chi connectivity index (χ0n) is 16.3. The van der Waals surface area contributed by atoms with Crippen LogP contribution in [0.5, 0.6) is 5.88 Å². The standard InChI is InChI=1S/C22H23N5O2/c1-15-14-20(29-2)27-22(25-15)24-13-5-6-16-9-11-17(12-10-16)21(28)26-19-8-4-3-7-18(19)23/h3-12,14H,13,23H2,1-2H3,(H,26,28)(H,24,25,27). The maximum absolute atomic E-state index is 12.4. The lowest BCUT2D eigenvalue weighted by Crippen LogP contribution is -2.12. The van der Waals surface area contributed by atoms with Gasteiger partial charge in [0.2, 0.25) is 11.8 Å². The van der Waals surface area contributed by atoms with E-state index in [-0.39, 0.29) is 5.91 Å². The molecule has 1 heterocycles. The number of ether oxygens (including phenoxy) is 1. The second-order valence-electron chi connectivity index (χ2n) is 6.32. The zero-order chi connectivity index (χ0) is 20.6. The number of hydrogen-bond donors (Lipinski definition) is 3. The normalized spacial score (nSPS) is 10.7. The summed E-state index contributed by atoms with van der Waals surface area (Å²) in [5.41, 5.74) is 9.35. The average Bonchev–Trinajstić information content (AvgIpc) is 2.73. The zero-order valence-corrected chi connectivity index (χ0v) is 16.3. The molecule has 2 aromatic carbocycles. The van der Waals surface area contributed by atoms with Gasteiger partial charge in [-0.2, -0.15) is 4.98 Å². The highest BCUT2D eigenvalue weighted by Gasteiger charge is 2.07. The average molecular weight is 389 g/mol. The van der Waals surface area contributed by atoms with Crippen molar-refractivity contribution in [2.45, 2.75) is 6.92 Å². The van der Waals surface area contributed by atoms with Gasteiger partial charge in [-0.05, 0) is 36.8 Å². The molecular weight excluding hydrogens is 366 g/mol. The Labute approximate surface area is 169 Å². The van der Waals surface area contributed by atoms with Crippen molar-refractivity contribution in [3.05, 3.63) is 77.5 Å². The Morgan fingerprint density at radius 1 is 1.14 bits per heavy atom. The third-order valence-corrected chi connectivity index (χ3v) is 4.11. The molecule has 0 aliphatic heterocycles. The van der Waals surface area contributed by atoms with Gasteiger partial charge in [0.05, 0.1) is 18.5 Å². The lowest BCUT2D eigenvalue weighted by atomic mass is 10.1. The fourth-order valence-corrected chi connectivity index (χ4v) is 2.62. The molecule has 0 saturated carbocycles. The third-order valence-electron chi connectivity index (χ3n) is 4.11. The van der Waals surface area contributed by atoms with Gasteiger partial charge in [0.15, 0.2) is 0 Å². The Morgan fingerprint density at radius 3 is 2.62 bits per heavy atom. The SMILES string of the molecule is COc1cc(C)nc(NCC=Cc2ccc(C(=O)Nc3ccccc3N)cc2)n1. The van der Waals surface area contributed by atoms with Crippen molar-refractivity contribution < 1.29 is 9.53 Å². The maximum atomic E-state index is 12.4. The summed E-state index contributed by atoms with van der Waals surface area (Å²) in [6.45, 7) is 2.44. The summed E-state index contributed by atoms with van der Waals surface area (Å²) in [5.74, 6) is 0.833. The van der Waals surface area contributed by atoms with E-state index in [9.17, 15) is 4.79 Å². The second-order valence-corrected chi connectivity index (χ2v) is 6.32. The molecular formula is C22H23N5O2. The summed E-state index contributed by atoms with van der Waals surface area (Å²) in [7, 11) is 1.57. The number of aryl methyl sites for hydroxylation is 1. The Bertz CT molecular complexity index is 1020. The number of anilines is 3. The summed E-state index contributed by atoms with van der Waals surface area (Å²) in [6.07, 6.45) is 3.91. The monoisotopic (exact) mass is 389 g/mol. The van der Waals surface area contributed by atoms with Crippen LogP contribution in [0.2, 0.25) is 0 Å². The fraction of sp³-hybridized carbons (Fsp3) is 0.136. The van der Waals surface area contributed by atoms with Gasteiger partial charge in [-0.3, -0.25) is 4.79 Å². The first-order valence-electron chi connectivity index (χ1n) is 9.11. The number of hydrogen-bond acceptors (Lipinski definition) is 6. The molecule has 0 fully saturated rings. The number of amides is 1. The highest BCUT2D eigenvalue weighted by atomic mass is 16.5. The van der Waals surface area contributed by atoms with Crippen LogP contribution in [0, 0.1) is 6.92 Å². The molecule has 1 amide bonds. The van der Waals surface area contributed by atoms with Crippen LogP contribution >= 0.6 is 0 Å². The predicted molar refractivity (Wildman–Crippen MR) is 116 cm³/mol. The largest absolute Gasteiger partial charge is 0.481 e. The topological polar surface area (TPSA) is 102 Å². The van der Waals surface area contributed by atoms with Crippen molar-refractivity contribution in [1.82, 2.24) is 9.97 Å². The van der Waals surface area contributed by atoms with E-state index >= 15 is 0 Å². The number of nitrogens with zero attached hydrogens (tertiary/aromatic N) is 2. The number of carbonyl (C=O) groups is 1. The second kappa shape index (κ2) is 9.36. The van der Waals surface area contributed by atoms with Gasteiger partial charge in [0.25, 0.3) is 5.91 Å². The summed E-state index contributed by atoms with van der Waals surface area (Å²) in [4.78, 5) is 20.9.